The van der Waals surface area contributed by atoms with Crippen LogP contribution >= 0.6 is 0 Å². The second kappa shape index (κ2) is 5.82. The minimum absolute atomic E-state index is 0.500. The fourth-order valence-electron chi connectivity index (χ4n) is 0.607. The Bertz CT molecular complexity index is 129. The van der Waals surface area contributed by atoms with Crippen LogP contribution in [0.1, 0.15) is 0 Å². The van der Waals surface area contributed by atoms with Crippen LogP contribution in [-0.4, -0.2) is 25.0 Å². The van der Waals surface area contributed by atoms with Gasteiger partial charge < -0.3 is 9.47 Å². The summed E-state index contributed by atoms with van der Waals surface area (Å²) < 4.78 is 9.44. The molecule has 0 bridgehead atoms. The molecule has 0 atom stereocenters. The van der Waals surface area contributed by atoms with Crippen LogP contribution in [0.15, 0.2) is 30.6 Å². The van der Waals surface area contributed by atoms with Gasteiger partial charge in [0.05, 0.1) is 13.2 Å². The molecule has 11 heavy (non-hydrogen) atoms. The summed E-state index contributed by atoms with van der Waals surface area (Å²) in [7, 11) is 0. The van der Waals surface area contributed by atoms with Gasteiger partial charge in [0.1, 0.15) is 6.79 Å². The van der Waals surface area contributed by atoms with Crippen LogP contribution in [0.5, 0.6) is 0 Å². The van der Waals surface area contributed by atoms with Gasteiger partial charge in [-0.1, -0.05) is 6.07 Å². The van der Waals surface area contributed by atoms with Gasteiger partial charge in [0.15, 0.2) is 0 Å². The normalized spacial score (nSPS) is 15.3. The highest BCUT2D eigenvalue weighted by molar-refractivity contribution is 4.88. The van der Waals surface area contributed by atoms with Gasteiger partial charge in [0.2, 0.25) is 0 Å². The molecule has 2 rings (SSSR count). The number of hydrogen-bond donors (Lipinski definition) is 0. The maximum Gasteiger partial charge on any atom is 0.146 e. The largest absolute Gasteiger partial charge is 0.353 e. The van der Waals surface area contributed by atoms with E-state index in [0.717, 1.165) is 13.2 Å². The first kappa shape index (κ1) is 8.17. The molecule has 3 heteroatoms. The Balaban J connectivity index is 0.000000112. The van der Waals surface area contributed by atoms with Gasteiger partial charge in [-0.15, -0.1) is 0 Å². The Morgan fingerprint density at radius 2 is 1.55 bits per heavy atom. The lowest BCUT2D eigenvalue weighted by molar-refractivity contribution is 0.0692. The first-order chi connectivity index (χ1) is 5.50. The van der Waals surface area contributed by atoms with Crippen molar-refractivity contribution in [2.75, 3.05) is 20.0 Å². The minimum Gasteiger partial charge on any atom is -0.353 e. The number of aromatic nitrogens is 1. The fourth-order valence-corrected chi connectivity index (χ4v) is 0.607. The van der Waals surface area contributed by atoms with Gasteiger partial charge in [-0.3, -0.25) is 4.98 Å². The van der Waals surface area contributed by atoms with Crippen molar-refractivity contribution >= 4 is 0 Å². The molecule has 0 N–H and O–H groups in total. The van der Waals surface area contributed by atoms with Crippen molar-refractivity contribution in [1.29, 1.82) is 0 Å². The summed E-state index contributed by atoms with van der Waals surface area (Å²) in [5.41, 5.74) is 0. The van der Waals surface area contributed by atoms with Crippen molar-refractivity contribution in [3.8, 4) is 0 Å². The van der Waals surface area contributed by atoms with E-state index in [0.29, 0.717) is 6.79 Å². The molecule has 0 aliphatic carbocycles. The van der Waals surface area contributed by atoms with Crippen molar-refractivity contribution in [2.45, 2.75) is 0 Å². The van der Waals surface area contributed by atoms with Gasteiger partial charge in [-0.25, -0.2) is 0 Å². The number of rotatable bonds is 0. The standard InChI is InChI=1S/C5H5N.C3H6O2/c1-2-4-6-5-3-1;1-2-5-3-4-1/h1-5H;1-3H2. The zero-order valence-corrected chi connectivity index (χ0v) is 6.27. The van der Waals surface area contributed by atoms with E-state index in [4.69, 9.17) is 9.47 Å². The van der Waals surface area contributed by atoms with Crippen LogP contribution in [0.4, 0.5) is 0 Å². The molecular formula is C8H11NO2. The highest BCUT2D eigenvalue weighted by Crippen LogP contribution is 1.85. The quantitative estimate of drug-likeness (QED) is 0.558. The molecule has 1 fully saturated rings. The second-order valence-corrected chi connectivity index (χ2v) is 1.96. The summed E-state index contributed by atoms with van der Waals surface area (Å²) in [5.74, 6) is 0. The third-order valence-electron chi connectivity index (χ3n) is 1.11. The van der Waals surface area contributed by atoms with Gasteiger partial charge in [-0.05, 0) is 12.1 Å². The molecule has 0 saturated carbocycles. The third kappa shape index (κ3) is 4.47. The van der Waals surface area contributed by atoms with Crippen molar-refractivity contribution in [3.63, 3.8) is 0 Å². The zero-order chi connectivity index (χ0) is 7.78. The highest BCUT2D eigenvalue weighted by atomic mass is 16.7. The first-order valence-corrected chi connectivity index (χ1v) is 3.50. The van der Waals surface area contributed by atoms with Gasteiger partial charge in [0.25, 0.3) is 0 Å². The molecule has 2 heterocycles. The van der Waals surface area contributed by atoms with Crippen molar-refractivity contribution in [3.05, 3.63) is 30.6 Å². The zero-order valence-electron chi connectivity index (χ0n) is 6.27. The average Bonchev–Trinajstić information content (AvgIpc) is 2.64. The fraction of sp³-hybridized carbons (Fsp3) is 0.375. The summed E-state index contributed by atoms with van der Waals surface area (Å²) in [6, 6.07) is 5.72. The molecule has 1 saturated heterocycles. The summed E-state index contributed by atoms with van der Waals surface area (Å²) >= 11 is 0. The first-order valence-electron chi connectivity index (χ1n) is 3.50. The predicted octanol–water partition coefficient (Wildman–Crippen LogP) is 1.07. The lowest BCUT2D eigenvalue weighted by Crippen LogP contribution is -1.79. The number of nitrogens with zero attached hydrogens (tertiary/aromatic N) is 1. The molecule has 0 radical (unpaired) electrons. The second-order valence-electron chi connectivity index (χ2n) is 1.96. The Labute approximate surface area is 66.0 Å². The van der Waals surface area contributed by atoms with Crippen LogP contribution in [0.25, 0.3) is 0 Å². The molecule has 1 aliphatic rings. The van der Waals surface area contributed by atoms with Crippen LogP contribution in [-0.2, 0) is 9.47 Å². The van der Waals surface area contributed by atoms with E-state index in [-0.39, 0.29) is 0 Å². The molecule has 60 valence electrons. The molecule has 0 spiro atoms. The molecule has 0 aromatic carbocycles. The molecule has 0 amide bonds. The smallest absolute Gasteiger partial charge is 0.146 e. The summed E-state index contributed by atoms with van der Waals surface area (Å²) in [6.07, 6.45) is 3.50. The van der Waals surface area contributed by atoms with E-state index in [9.17, 15) is 0 Å². The molecule has 3 nitrogen and oxygen atoms in total. The number of hydrogen-bond acceptors (Lipinski definition) is 3. The van der Waals surface area contributed by atoms with E-state index >= 15 is 0 Å². The third-order valence-corrected chi connectivity index (χ3v) is 1.11. The number of pyridine rings is 1. The topological polar surface area (TPSA) is 31.4 Å². The summed E-state index contributed by atoms with van der Waals surface area (Å²) in [4.78, 5) is 3.78. The Morgan fingerprint density at radius 3 is 1.73 bits per heavy atom. The van der Waals surface area contributed by atoms with Crippen molar-refractivity contribution < 1.29 is 9.47 Å². The van der Waals surface area contributed by atoms with Gasteiger partial charge >= 0.3 is 0 Å². The van der Waals surface area contributed by atoms with E-state index in [1.807, 2.05) is 18.2 Å². The monoisotopic (exact) mass is 153 g/mol. The Morgan fingerprint density at radius 1 is 0.909 bits per heavy atom. The van der Waals surface area contributed by atoms with Gasteiger partial charge in [0, 0.05) is 12.4 Å². The van der Waals surface area contributed by atoms with Crippen LogP contribution < -0.4 is 0 Å². The minimum atomic E-state index is 0.500. The molecular weight excluding hydrogens is 142 g/mol. The van der Waals surface area contributed by atoms with E-state index < -0.39 is 0 Å². The SMILES string of the molecule is C1COCO1.c1ccncc1. The molecule has 1 aromatic rings. The number of ether oxygens (including phenoxy) is 2. The molecule has 1 aliphatic heterocycles. The summed E-state index contributed by atoms with van der Waals surface area (Å²) in [6.45, 7) is 2.06. The maximum atomic E-state index is 4.72. The lowest BCUT2D eigenvalue weighted by atomic mass is 10.5. The van der Waals surface area contributed by atoms with Crippen molar-refractivity contribution in [1.82, 2.24) is 4.98 Å². The molecule has 0 unspecified atom stereocenters. The van der Waals surface area contributed by atoms with Crippen LogP contribution in [0.2, 0.25) is 0 Å². The Kier molecular flexibility index (Phi) is 4.33. The lowest BCUT2D eigenvalue weighted by Gasteiger charge is -1.76. The maximum absolute atomic E-state index is 4.72. The van der Waals surface area contributed by atoms with Crippen LogP contribution in [0.3, 0.4) is 0 Å². The average molecular weight is 153 g/mol. The van der Waals surface area contributed by atoms with Gasteiger partial charge in [-0.2, -0.15) is 0 Å². The predicted molar refractivity (Wildman–Crippen MR) is 41.0 cm³/mol. The van der Waals surface area contributed by atoms with Crippen molar-refractivity contribution in [2.24, 2.45) is 0 Å². The van der Waals surface area contributed by atoms with E-state index in [1.54, 1.807) is 12.4 Å². The van der Waals surface area contributed by atoms with Crippen LogP contribution in [0, 0.1) is 0 Å². The Hall–Kier alpha value is -0.930. The van der Waals surface area contributed by atoms with E-state index in [1.165, 1.54) is 0 Å². The van der Waals surface area contributed by atoms with E-state index in [2.05, 4.69) is 4.98 Å². The summed E-state index contributed by atoms with van der Waals surface area (Å²) in [5, 5.41) is 0. The highest BCUT2D eigenvalue weighted by Gasteiger charge is 1.93. The molecule has 1 aromatic heterocycles.